The zero-order valence-electron chi connectivity index (χ0n) is 9.51. The standard InChI is InChI=1S/C10H16N4O3/c1-2-3-7(15)14-9(10(16)17)8(11)6-4-12-5-13-6/h4-5,8-9H,2-3,11H2,1H3,(H,12,13)(H,14,15)(H,16,17)/t8?,9-/m0/s1. The molecule has 0 bridgehead atoms. The molecule has 1 unspecified atom stereocenters. The van der Waals surface area contributed by atoms with Crippen LogP contribution in [0.15, 0.2) is 12.5 Å². The van der Waals surface area contributed by atoms with E-state index < -0.39 is 18.1 Å². The SMILES string of the molecule is CCCC(=O)N[C@H](C(=O)O)C(N)c1cnc[nH]1. The molecule has 5 N–H and O–H groups in total. The second-order valence-electron chi connectivity index (χ2n) is 3.67. The number of carbonyl (C=O) groups is 2. The first-order valence-corrected chi connectivity index (χ1v) is 5.32. The predicted molar refractivity (Wildman–Crippen MR) is 60.0 cm³/mol. The minimum absolute atomic E-state index is 0.277. The Hall–Kier alpha value is -1.89. The average molecular weight is 240 g/mol. The number of aliphatic carboxylic acids is 1. The molecule has 0 aromatic carbocycles. The van der Waals surface area contributed by atoms with E-state index in [0.29, 0.717) is 12.1 Å². The highest BCUT2D eigenvalue weighted by molar-refractivity contribution is 5.84. The van der Waals surface area contributed by atoms with Crippen LogP contribution in [0.1, 0.15) is 31.5 Å². The average Bonchev–Trinajstić information content (AvgIpc) is 2.78. The van der Waals surface area contributed by atoms with Crippen molar-refractivity contribution in [1.82, 2.24) is 15.3 Å². The van der Waals surface area contributed by atoms with Crippen LogP contribution in [0.4, 0.5) is 0 Å². The lowest BCUT2D eigenvalue weighted by atomic mass is 10.1. The molecule has 1 amide bonds. The van der Waals surface area contributed by atoms with E-state index in [4.69, 9.17) is 10.8 Å². The summed E-state index contributed by atoms with van der Waals surface area (Å²) in [6, 6.07) is -2.01. The normalized spacial score (nSPS) is 14.0. The fourth-order valence-corrected chi connectivity index (χ4v) is 1.41. The zero-order valence-corrected chi connectivity index (χ0v) is 9.51. The summed E-state index contributed by atoms with van der Waals surface area (Å²) < 4.78 is 0. The fraction of sp³-hybridized carbons (Fsp3) is 0.500. The number of imidazole rings is 1. The highest BCUT2D eigenvalue weighted by Crippen LogP contribution is 2.11. The van der Waals surface area contributed by atoms with E-state index >= 15 is 0 Å². The van der Waals surface area contributed by atoms with Crippen LogP contribution in [0.25, 0.3) is 0 Å². The van der Waals surface area contributed by atoms with Gasteiger partial charge in [0.2, 0.25) is 5.91 Å². The predicted octanol–water partition coefficient (Wildman–Crippen LogP) is -0.221. The number of hydrogen-bond donors (Lipinski definition) is 4. The fourth-order valence-electron chi connectivity index (χ4n) is 1.41. The maximum absolute atomic E-state index is 11.4. The van der Waals surface area contributed by atoms with Gasteiger partial charge in [-0.1, -0.05) is 6.92 Å². The molecule has 0 aliphatic heterocycles. The summed E-state index contributed by atoms with van der Waals surface area (Å²) in [5.41, 5.74) is 6.23. The van der Waals surface area contributed by atoms with E-state index in [1.807, 2.05) is 6.92 Å². The number of amides is 1. The number of nitrogens with one attached hydrogen (secondary N) is 2. The lowest BCUT2D eigenvalue weighted by Gasteiger charge is -2.20. The highest BCUT2D eigenvalue weighted by atomic mass is 16.4. The Balaban J connectivity index is 2.72. The van der Waals surface area contributed by atoms with Gasteiger partial charge < -0.3 is 21.1 Å². The third-order valence-electron chi connectivity index (χ3n) is 2.30. The molecular weight excluding hydrogens is 224 g/mol. The van der Waals surface area contributed by atoms with E-state index in [-0.39, 0.29) is 12.3 Å². The number of aromatic nitrogens is 2. The van der Waals surface area contributed by atoms with Crippen LogP contribution < -0.4 is 11.1 Å². The maximum Gasteiger partial charge on any atom is 0.328 e. The molecule has 0 radical (unpaired) electrons. The van der Waals surface area contributed by atoms with Gasteiger partial charge in [-0.2, -0.15) is 0 Å². The molecule has 1 heterocycles. The van der Waals surface area contributed by atoms with Gasteiger partial charge in [0, 0.05) is 12.6 Å². The summed E-state index contributed by atoms with van der Waals surface area (Å²) >= 11 is 0. The molecular formula is C10H16N4O3. The third-order valence-corrected chi connectivity index (χ3v) is 2.30. The molecule has 0 aliphatic rings. The minimum Gasteiger partial charge on any atom is -0.480 e. The van der Waals surface area contributed by atoms with Crippen LogP contribution in [0.2, 0.25) is 0 Å². The minimum atomic E-state index is -1.17. The monoisotopic (exact) mass is 240 g/mol. The number of rotatable bonds is 6. The lowest BCUT2D eigenvalue weighted by molar-refractivity contribution is -0.142. The second-order valence-corrected chi connectivity index (χ2v) is 3.67. The zero-order chi connectivity index (χ0) is 12.8. The van der Waals surface area contributed by atoms with Crippen molar-refractivity contribution < 1.29 is 14.7 Å². The van der Waals surface area contributed by atoms with E-state index in [1.165, 1.54) is 12.5 Å². The molecule has 0 spiro atoms. The van der Waals surface area contributed by atoms with Gasteiger partial charge in [0.1, 0.15) is 6.04 Å². The van der Waals surface area contributed by atoms with E-state index in [9.17, 15) is 9.59 Å². The first kappa shape index (κ1) is 13.2. The summed E-state index contributed by atoms with van der Waals surface area (Å²) in [6.45, 7) is 1.84. The van der Waals surface area contributed by atoms with Crippen molar-refractivity contribution in [3.8, 4) is 0 Å². The van der Waals surface area contributed by atoms with E-state index in [0.717, 1.165) is 0 Å². The maximum atomic E-state index is 11.4. The van der Waals surface area contributed by atoms with Crippen molar-refractivity contribution >= 4 is 11.9 Å². The molecule has 1 aromatic rings. The topological polar surface area (TPSA) is 121 Å². The van der Waals surface area contributed by atoms with Crippen molar-refractivity contribution in [2.45, 2.75) is 31.8 Å². The summed E-state index contributed by atoms with van der Waals surface area (Å²) in [6.07, 6.45) is 3.77. The van der Waals surface area contributed by atoms with Gasteiger partial charge >= 0.3 is 5.97 Å². The number of hydrogen-bond acceptors (Lipinski definition) is 4. The molecule has 1 aromatic heterocycles. The Bertz CT molecular complexity index is 377. The van der Waals surface area contributed by atoms with E-state index in [2.05, 4.69) is 15.3 Å². The van der Waals surface area contributed by atoms with Crippen LogP contribution >= 0.6 is 0 Å². The highest BCUT2D eigenvalue weighted by Gasteiger charge is 2.28. The Labute approximate surface area is 98.4 Å². The van der Waals surface area contributed by atoms with Gasteiger partial charge in [0.25, 0.3) is 0 Å². The molecule has 7 nitrogen and oxygen atoms in total. The van der Waals surface area contributed by atoms with Crippen molar-refractivity contribution in [1.29, 1.82) is 0 Å². The number of nitrogens with zero attached hydrogens (tertiary/aromatic N) is 1. The summed E-state index contributed by atoms with van der Waals surface area (Å²) in [5, 5.41) is 11.4. The van der Waals surface area contributed by atoms with Crippen molar-refractivity contribution in [2.75, 3.05) is 0 Å². The van der Waals surface area contributed by atoms with Gasteiger partial charge in [-0.3, -0.25) is 4.79 Å². The molecule has 0 aliphatic carbocycles. The molecule has 94 valence electrons. The largest absolute Gasteiger partial charge is 0.480 e. The summed E-state index contributed by atoms with van der Waals surface area (Å²) in [4.78, 5) is 28.9. The van der Waals surface area contributed by atoms with Gasteiger partial charge in [-0.05, 0) is 6.42 Å². The quantitative estimate of drug-likeness (QED) is 0.547. The van der Waals surface area contributed by atoms with Crippen molar-refractivity contribution in [3.05, 3.63) is 18.2 Å². The Morgan fingerprint density at radius 2 is 2.35 bits per heavy atom. The smallest absolute Gasteiger partial charge is 0.328 e. The number of nitrogens with two attached hydrogens (primary N) is 1. The number of carboxylic acid groups (broad SMARTS) is 1. The van der Waals surface area contributed by atoms with E-state index in [1.54, 1.807) is 0 Å². The Kier molecular flexibility index (Phi) is 4.65. The summed E-state index contributed by atoms with van der Waals surface area (Å²) in [7, 11) is 0. The van der Waals surface area contributed by atoms with Gasteiger partial charge in [0.05, 0.1) is 18.1 Å². The Morgan fingerprint density at radius 3 is 2.82 bits per heavy atom. The lowest BCUT2D eigenvalue weighted by Crippen LogP contribution is -2.47. The third kappa shape index (κ3) is 3.56. The molecule has 17 heavy (non-hydrogen) atoms. The van der Waals surface area contributed by atoms with Crippen LogP contribution in [0, 0.1) is 0 Å². The number of H-pyrrole nitrogens is 1. The van der Waals surface area contributed by atoms with Crippen LogP contribution in [-0.4, -0.2) is 33.0 Å². The molecule has 0 saturated carbocycles. The molecule has 0 saturated heterocycles. The number of carbonyl (C=O) groups excluding carboxylic acids is 1. The van der Waals surface area contributed by atoms with Crippen LogP contribution in [-0.2, 0) is 9.59 Å². The molecule has 1 rings (SSSR count). The number of aromatic amines is 1. The number of carboxylic acids is 1. The molecule has 2 atom stereocenters. The van der Waals surface area contributed by atoms with Crippen LogP contribution in [0.5, 0.6) is 0 Å². The van der Waals surface area contributed by atoms with Gasteiger partial charge in [-0.15, -0.1) is 0 Å². The van der Waals surface area contributed by atoms with Gasteiger partial charge in [0.15, 0.2) is 0 Å². The van der Waals surface area contributed by atoms with Crippen LogP contribution in [0.3, 0.4) is 0 Å². The first-order chi connectivity index (χ1) is 8.06. The molecule has 7 heteroatoms. The Morgan fingerprint density at radius 1 is 1.65 bits per heavy atom. The van der Waals surface area contributed by atoms with Crippen molar-refractivity contribution in [3.63, 3.8) is 0 Å². The summed E-state index contributed by atoms with van der Waals surface area (Å²) in [5.74, 6) is -1.49. The second kappa shape index (κ2) is 6.00. The van der Waals surface area contributed by atoms with Gasteiger partial charge in [-0.25, -0.2) is 9.78 Å². The first-order valence-electron chi connectivity index (χ1n) is 5.32. The van der Waals surface area contributed by atoms with Crippen molar-refractivity contribution in [2.24, 2.45) is 5.73 Å². The molecule has 0 fully saturated rings.